The summed E-state index contributed by atoms with van der Waals surface area (Å²) in [7, 11) is 1.70. The Balaban J connectivity index is 1.66. The van der Waals surface area contributed by atoms with Gasteiger partial charge >= 0.3 is 0 Å². The van der Waals surface area contributed by atoms with Gasteiger partial charge in [0.1, 0.15) is 12.0 Å². The maximum atomic E-state index is 11.4. The number of ether oxygens (including phenoxy) is 1. The zero-order valence-electron chi connectivity index (χ0n) is 16.9. The van der Waals surface area contributed by atoms with E-state index < -0.39 is 0 Å². The zero-order chi connectivity index (χ0) is 20.9. The summed E-state index contributed by atoms with van der Waals surface area (Å²) in [6.07, 6.45) is 1.94. The first kappa shape index (κ1) is 21.2. The van der Waals surface area contributed by atoms with Gasteiger partial charge in [-0.1, -0.05) is 58.4 Å². The Morgan fingerprint density at radius 1 is 1.10 bits per heavy atom. The predicted octanol–water partition coefficient (Wildman–Crippen LogP) is 5.90. The first-order chi connectivity index (χ1) is 14.7. The van der Waals surface area contributed by atoms with E-state index in [2.05, 4.69) is 75.4 Å². The van der Waals surface area contributed by atoms with E-state index >= 15 is 0 Å². The molecule has 1 atom stereocenters. The third-order valence-electron chi connectivity index (χ3n) is 5.49. The van der Waals surface area contributed by atoms with Crippen LogP contribution in [0.25, 0.3) is 0 Å². The summed E-state index contributed by atoms with van der Waals surface area (Å²) < 4.78 is 6.66. The number of carbonyl (C=O) groups is 1. The molecule has 1 heterocycles. The van der Waals surface area contributed by atoms with Crippen molar-refractivity contribution in [1.29, 1.82) is 0 Å². The fourth-order valence-corrected chi connectivity index (χ4v) is 5.31. The van der Waals surface area contributed by atoms with Crippen LogP contribution in [0, 0.1) is 0 Å². The van der Waals surface area contributed by atoms with Gasteiger partial charge in [-0.15, -0.1) is 11.8 Å². The molecule has 3 aromatic carbocycles. The predicted molar refractivity (Wildman–Crippen MR) is 126 cm³/mol. The van der Waals surface area contributed by atoms with Gasteiger partial charge in [0.25, 0.3) is 0 Å². The minimum Gasteiger partial charge on any atom is -0.496 e. The Hall–Kier alpha value is -2.08. The van der Waals surface area contributed by atoms with Gasteiger partial charge < -0.3 is 9.53 Å². The van der Waals surface area contributed by atoms with Gasteiger partial charge in [0.05, 0.1) is 19.7 Å². The van der Waals surface area contributed by atoms with Gasteiger partial charge in [-0.2, -0.15) is 0 Å². The summed E-state index contributed by atoms with van der Waals surface area (Å²) in [5, 5.41) is 0. The minimum atomic E-state index is 0.00942. The quantitative estimate of drug-likeness (QED) is 0.310. The van der Waals surface area contributed by atoms with Crippen molar-refractivity contribution in [3.8, 4) is 5.75 Å². The van der Waals surface area contributed by atoms with E-state index in [9.17, 15) is 4.79 Å². The monoisotopic (exact) mass is 481 g/mol. The molecular weight excluding hydrogens is 458 g/mol. The van der Waals surface area contributed by atoms with E-state index in [-0.39, 0.29) is 6.04 Å². The van der Waals surface area contributed by atoms with Crippen molar-refractivity contribution in [2.24, 2.45) is 0 Å². The van der Waals surface area contributed by atoms with Crippen LogP contribution in [0.15, 0.2) is 76.1 Å². The van der Waals surface area contributed by atoms with Crippen molar-refractivity contribution in [1.82, 2.24) is 4.90 Å². The SMILES string of the molecule is COc1cc(Br)ccc1C1c2ccc(SCc3ccccc3)cc2CCN1CC=O. The number of thioether (sulfide) groups is 1. The van der Waals surface area contributed by atoms with Gasteiger partial charge in [-0.05, 0) is 47.4 Å². The Bertz CT molecular complexity index is 1020. The molecule has 0 bridgehead atoms. The van der Waals surface area contributed by atoms with Crippen LogP contribution in [0.1, 0.15) is 28.3 Å². The summed E-state index contributed by atoms with van der Waals surface area (Å²) in [5.41, 5.74) is 5.03. The van der Waals surface area contributed by atoms with Crippen LogP contribution in [0.4, 0.5) is 0 Å². The Morgan fingerprint density at radius 3 is 2.67 bits per heavy atom. The number of carbonyl (C=O) groups excluding carboxylic acids is 1. The van der Waals surface area contributed by atoms with Crippen molar-refractivity contribution >= 4 is 34.0 Å². The van der Waals surface area contributed by atoms with Crippen LogP contribution in [-0.2, 0) is 17.0 Å². The molecule has 0 aromatic heterocycles. The van der Waals surface area contributed by atoms with Crippen LogP contribution in [0.3, 0.4) is 0 Å². The van der Waals surface area contributed by atoms with Crippen LogP contribution in [-0.4, -0.2) is 31.4 Å². The number of hydrogen-bond acceptors (Lipinski definition) is 4. The van der Waals surface area contributed by atoms with E-state index in [0.717, 1.165) is 40.8 Å². The number of nitrogens with zero attached hydrogens (tertiary/aromatic N) is 1. The summed E-state index contributed by atoms with van der Waals surface area (Å²) >= 11 is 5.40. The molecule has 3 aromatic rings. The Morgan fingerprint density at radius 2 is 1.90 bits per heavy atom. The second kappa shape index (κ2) is 9.82. The molecule has 4 rings (SSSR count). The molecule has 0 spiro atoms. The molecule has 0 saturated carbocycles. The highest BCUT2D eigenvalue weighted by molar-refractivity contribution is 9.10. The number of fused-ring (bicyclic) bond motifs is 1. The molecule has 1 aliphatic heterocycles. The number of aldehydes is 1. The van der Waals surface area contributed by atoms with E-state index in [0.29, 0.717) is 6.54 Å². The lowest BCUT2D eigenvalue weighted by molar-refractivity contribution is -0.109. The van der Waals surface area contributed by atoms with Crippen molar-refractivity contribution in [2.45, 2.75) is 23.1 Å². The Kier molecular flexibility index (Phi) is 6.93. The molecule has 1 aliphatic rings. The largest absolute Gasteiger partial charge is 0.496 e. The highest BCUT2D eigenvalue weighted by Gasteiger charge is 2.30. The molecule has 0 fully saturated rings. The molecule has 0 saturated heterocycles. The molecule has 0 N–H and O–H groups in total. The molecule has 0 radical (unpaired) electrons. The first-order valence-electron chi connectivity index (χ1n) is 10.00. The lowest BCUT2D eigenvalue weighted by Crippen LogP contribution is -2.37. The van der Waals surface area contributed by atoms with Crippen molar-refractivity contribution < 1.29 is 9.53 Å². The van der Waals surface area contributed by atoms with E-state index in [4.69, 9.17) is 4.74 Å². The van der Waals surface area contributed by atoms with E-state index in [1.807, 2.05) is 23.9 Å². The smallest absolute Gasteiger partial charge is 0.134 e. The van der Waals surface area contributed by atoms with Crippen LogP contribution >= 0.6 is 27.7 Å². The average molecular weight is 482 g/mol. The van der Waals surface area contributed by atoms with Crippen molar-refractivity contribution in [3.05, 3.63) is 93.5 Å². The maximum absolute atomic E-state index is 11.4. The van der Waals surface area contributed by atoms with Crippen LogP contribution in [0.5, 0.6) is 5.75 Å². The standard InChI is InChI=1S/C25H24BrNO2S/c1-29-24-16-20(26)7-9-23(24)25-22-10-8-21(30-17-18-5-3-2-4-6-18)15-19(22)11-12-27(25)13-14-28/h2-10,14-16,25H,11-13,17H2,1H3. The lowest BCUT2D eigenvalue weighted by atomic mass is 9.87. The molecule has 5 heteroatoms. The number of rotatable bonds is 7. The number of halogens is 1. The summed E-state index contributed by atoms with van der Waals surface area (Å²) in [6.45, 7) is 1.26. The van der Waals surface area contributed by atoms with E-state index in [1.54, 1.807) is 7.11 Å². The van der Waals surface area contributed by atoms with Crippen LogP contribution < -0.4 is 4.74 Å². The third kappa shape index (κ3) is 4.64. The zero-order valence-corrected chi connectivity index (χ0v) is 19.3. The fraction of sp³-hybridized carbons (Fsp3) is 0.240. The van der Waals surface area contributed by atoms with Gasteiger partial charge in [-0.25, -0.2) is 0 Å². The summed E-state index contributed by atoms with van der Waals surface area (Å²) in [6, 6.07) is 23.4. The fourth-order valence-electron chi connectivity index (χ4n) is 4.05. The molecule has 30 heavy (non-hydrogen) atoms. The summed E-state index contributed by atoms with van der Waals surface area (Å²) in [4.78, 5) is 14.9. The molecule has 3 nitrogen and oxygen atoms in total. The first-order valence-corrected chi connectivity index (χ1v) is 11.8. The topological polar surface area (TPSA) is 29.5 Å². The second-order valence-electron chi connectivity index (χ2n) is 7.34. The number of hydrogen-bond donors (Lipinski definition) is 0. The highest BCUT2D eigenvalue weighted by atomic mass is 79.9. The van der Waals surface area contributed by atoms with Crippen LogP contribution in [0.2, 0.25) is 0 Å². The van der Waals surface area contributed by atoms with Gasteiger partial charge in [0.2, 0.25) is 0 Å². The summed E-state index contributed by atoms with van der Waals surface area (Å²) in [5.74, 6) is 1.79. The number of benzene rings is 3. The third-order valence-corrected chi connectivity index (χ3v) is 7.05. The van der Waals surface area contributed by atoms with Gasteiger partial charge in [-0.3, -0.25) is 4.90 Å². The minimum absolute atomic E-state index is 0.00942. The highest BCUT2D eigenvalue weighted by Crippen LogP contribution is 2.41. The van der Waals surface area contributed by atoms with E-state index in [1.165, 1.54) is 21.6 Å². The molecule has 1 unspecified atom stereocenters. The lowest BCUT2D eigenvalue weighted by Gasteiger charge is -2.37. The normalized spacial score (nSPS) is 16.1. The van der Waals surface area contributed by atoms with Gasteiger partial charge in [0.15, 0.2) is 0 Å². The maximum Gasteiger partial charge on any atom is 0.134 e. The van der Waals surface area contributed by atoms with Crippen molar-refractivity contribution in [3.63, 3.8) is 0 Å². The molecular formula is C25H24BrNO2S. The molecule has 0 aliphatic carbocycles. The average Bonchev–Trinajstić information content (AvgIpc) is 2.78. The molecule has 154 valence electrons. The van der Waals surface area contributed by atoms with Gasteiger partial charge in [0, 0.05) is 27.2 Å². The number of methoxy groups -OCH3 is 1. The van der Waals surface area contributed by atoms with Crippen molar-refractivity contribution in [2.75, 3.05) is 20.2 Å². The molecule has 0 amide bonds. The Labute approximate surface area is 190 Å². The second-order valence-corrected chi connectivity index (χ2v) is 9.30.